The third-order valence-electron chi connectivity index (χ3n) is 2.70. The van der Waals surface area contributed by atoms with Gasteiger partial charge in [-0.15, -0.1) is 0 Å². The van der Waals surface area contributed by atoms with Crippen LogP contribution in [0.3, 0.4) is 0 Å². The molecule has 1 aromatic heterocycles. The molecule has 0 aliphatic rings. The first-order valence-corrected chi connectivity index (χ1v) is 6.26. The smallest absolute Gasteiger partial charge is 0.254 e. The molecule has 1 atom stereocenters. The Balaban J connectivity index is 2.15. The fourth-order valence-corrected chi connectivity index (χ4v) is 1.33. The van der Waals surface area contributed by atoms with Crippen molar-refractivity contribution in [3.8, 4) is 0 Å². The molecule has 6 heteroatoms. The fourth-order valence-electron chi connectivity index (χ4n) is 1.33. The molecule has 0 radical (unpaired) electrons. The second kappa shape index (κ2) is 7.58. The van der Waals surface area contributed by atoms with Crippen LogP contribution in [0.5, 0.6) is 0 Å². The van der Waals surface area contributed by atoms with Crippen LogP contribution in [-0.4, -0.2) is 36.1 Å². The Morgan fingerprint density at radius 2 is 2.11 bits per heavy atom. The maximum atomic E-state index is 11.5. The van der Waals surface area contributed by atoms with Crippen molar-refractivity contribution in [1.82, 2.24) is 10.6 Å². The van der Waals surface area contributed by atoms with E-state index in [0.29, 0.717) is 5.56 Å². The molecule has 6 nitrogen and oxygen atoms in total. The summed E-state index contributed by atoms with van der Waals surface area (Å²) in [6, 6.07) is 1.55. The van der Waals surface area contributed by atoms with Gasteiger partial charge in [0.2, 0.25) is 5.91 Å². The summed E-state index contributed by atoms with van der Waals surface area (Å²) in [7, 11) is 0. The summed E-state index contributed by atoms with van der Waals surface area (Å²) in [5, 5.41) is 14.7. The number of amides is 2. The van der Waals surface area contributed by atoms with E-state index in [1.807, 2.05) is 13.8 Å². The number of nitrogens with one attached hydrogen (secondary N) is 2. The maximum absolute atomic E-state index is 11.5. The summed E-state index contributed by atoms with van der Waals surface area (Å²) in [4.78, 5) is 22.9. The highest BCUT2D eigenvalue weighted by Gasteiger charge is 2.11. The van der Waals surface area contributed by atoms with Gasteiger partial charge in [0.15, 0.2) is 0 Å². The van der Waals surface area contributed by atoms with Crippen LogP contribution in [0.1, 0.15) is 30.6 Å². The summed E-state index contributed by atoms with van der Waals surface area (Å²) in [5.41, 5.74) is 0.427. The molecule has 1 unspecified atom stereocenters. The lowest BCUT2D eigenvalue weighted by Gasteiger charge is -2.15. The van der Waals surface area contributed by atoms with Gasteiger partial charge in [0, 0.05) is 19.5 Å². The van der Waals surface area contributed by atoms with Gasteiger partial charge in [-0.25, -0.2) is 0 Å². The van der Waals surface area contributed by atoms with E-state index in [4.69, 9.17) is 4.42 Å². The predicted molar refractivity (Wildman–Crippen MR) is 69.5 cm³/mol. The Kier molecular flexibility index (Phi) is 6.08. The Labute approximate surface area is 112 Å². The molecular formula is C13H20N2O4. The van der Waals surface area contributed by atoms with E-state index < -0.39 is 6.10 Å². The third-order valence-corrected chi connectivity index (χ3v) is 2.70. The van der Waals surface area contributed by atoms with Crippen LogP contribution in [0.15, 0.2) is 23.0 Å². The highest BCUT2D eigenvalue weighted by Crippen LogP contribution is 2.00. The minimum Gasteiger partial charge on any atom is -0.472 e. The van der Waals surface area contributed by atoms with Crippen LogP contribution in [0.4, 0.5) is 0 Å². The van der Waals surface area contributed by atoms with Gasteiger partial charge in [0.1, 0.15) is 6.26 Å². The van der Waals surface area contributed by atoms with Crippen molar-refractivity contribution in [3.05, 3.63) is 24.2 Å². The van der Waals surface area contributed by atoms with Crippen LogP contribution in [0.2, 0.25) is 0 Å². The standard InChI is InChI=1S/C13H20N2O4/c1-9(2)11(16)7-15-12(17)3-5-14-13(18)10-4-6-19-8-10/h4,6,8-9,11,16H,3,5,7H2,1-2H3,(H,14,18)(H,15,17). The molecule has 0 aromatic carbocycles. The molecule has 0 aliphatic carbocycles. The SMILES string of the molecule is CC(C)C(O)CNC(=O)CCNC(=O)c1ccoc1. The number of aliphatic hydroxyl groups is 1. The van der Waals surface area contributed by atoms with Crippen LogP contribution in [-0.2, 0) is 4.79 Å². The van der Waals surface area contributed by atoms with Crippen LogP contribution in [0, 0.1) is 5.92 Å². The quantitative estimate of drug-likeness (QED) is 0.672. The lowest BCUT2D eigenvalue weighted by molar-refractivity contribution is -0.121. The van der Waals surface area contributed by atoms with Crippen molar-refractivity contribution < 1.29 is 19.1 Å². The Morgan fingerprint density at radius 3 is 2.68 bits per heavy atom. The minimum absolute atomic E-state index is 0.0982. The number of hydrogen-bond donors (Lipinski definition) is 3. The highest BCUT2D eigenvalue weighted by atomic mass is 16.3. The molecule has 3 N–H and O–H groups in total. The molecule has 0 aliphatic heterocycles. The second-order valence-electron chi connectivity index (χ2n) is 4.63. The van der Waals surface area contributed by atoms with E-state index in [1.165, 1.54) is 12.5 Å². The number of carbonyl (C=O) groups is 2. The number of aliphatic hydroxyl groups excluding tert-OH is 1. The largest absolute Gasteiger partial charge is 0.472 e. The predicted octanol–water partition coefficient (Wildman–Crippen LogP) is 0.533. The molecule has 0 bridgehead atoms. The zero-order valence-electron chi connectivity index (χ0n) is 11.2. The lowest BCUT2D eigenvalue weighted by Crippen LogP contribution is -2.36. The van der Waals surface area contributed by atoms with Crippen molar-refractivity contribution in [3.63, 3.8) is 0 Å². The van der Waals surface area contributed by atoms with E-state index in [9.17, 15) is 14.7 Å². The first-order chi connectivity index (χ1) is 9.00. The van der Waals surface area contributed by atoms with Crippen LogP contribution >= 0.6 is 0 Å². The van der Waals surface area contributed by atoms with Gasteiger partial charge in [0.05, 0.1) is 17.9 Å². The second-order valence-corrected chi connectivity index (χ2v) is 4.63. The maximum Gasteiger partial charge on any atom is 0.254 e. The van der Waals surface area contributed by atoms with Gasteiger partial charge in [-0.2, -0.15) is 0 Å². The Bertz CT molecular complexity index is 401. The van der Waals surface area contributed by atoms with Crippen molar-refractivity contribution in [2.75, 3.05) is 13.1 Å². The van der Waals surface area contributed by atoms with Gasteiger partial charge in [0.25, 0.3) is 5.91 Å². The Hall–Kier alpha value is -1.82. The zero-order chi connectivity index (χ0) is 14.3. The van der Waals surface area contributed by atoms with Crippen molar-refractivity contribution in [2.24, 2.45) is 5.92 Å². The molecule has 0 saturated heterocycles. The van der Waals surface area contributed by atoms with E-state index in [-0.39, 0.29) is 37.2 Å². The molecule has 0 saturated carbocycles. The van der Waals surface area contributed by atoms with E-state index in [1.54, 1.807) is 6.07 Å². The number of carbonyl (C=O) groups excluding carboxylic acids is 2. The summed E-state index contributed by atoms with van der Waals surface area (Å²) in [6.45, 7) is 4.23. The molecule has 1 rings (SSSR count). The first-order valence-electron chi connectivity index (χ1n) is 6.26. The monoisotopic (exact) mass is 268 g/mol. The van der Waals surface area contributed by atoms with Gasteiger partial charge >= 0.3 is 0 Å². The average molecular weight is 268 g/mol. The number of rotatable bonds is 7. The van der Waals surface area contributed by atoms with Gasteiger partial charge in [-0.05, 0) is 12.0 Å². The molecule has 19 heavy (non-hydrogen) atoms. The van der Waals surface area contributed by atoms with E-state index in [2.05, 4.69) is 10.6 Å². The summed E-state index contributed by atoms with van der Waals surface area (Å²) >= 11 is 0. The van der Waals surface area contributed by atoms with Gasteiger partial charge < -0.3 is 20.2 Å². The highest BCUT2D eigenvalue weighted by molar-refractivity contribution is 5.93. The first kappa shape index (κ1) is 15.2. The topological polar surface area (TPSA) is 91.6 Å². The van der Waals surface area contributed by atoms with Crippen molar-refractivity contribution >= 4 is 11.8 Å². The van der Waals surface area contributed by atoms with Crippen LogP contribution < -0.4 is 10.6 Å². The number of hydrogen-bond acceptors (Lipinski definition) is 4. The normalized spacial score (nSPS) is 12.2. The minimum atomic E-state index is -0.551. The van der Waals surface area contributed by atoms with E-state index >= 15 is 0 Å². The van der Waals surface area contributed by atoms with E-state index in [0.717, 1.165) is 0 Å². The lowest BCUT2D eigenvalue weighted by atomic mass is 10.1. The fraction of sp³-hybridized carbons (Fsp3) is 0.538. The molecule has 1 heterocycles. The molecule has 106 valence electrons. The molecule has 0 fully saturated rings. The Morgan fingerprint density at radius 1 is 1.37 bits per heavy atom. The van der Waals surface area contributed by atoms with Crippen LogP contribution in [0.25, 0.3) is 0 Å². The molecule has 0 spiro atoms. The summed E-state index contributed by atoms with van der Waals surface area (Å²) < 4.78 is 4.78. The molecule has 2 amide bonds. The van der Waals surface area contributed by atoms with Gasteiger partial charge in [-0.3, -0.25) is 9.59 Å². The van der Waals surface area contributed by atoms with Gasteiger partial charge in [-0.1, -0.05) is 13.8 Å². The molecular weight excluding hydrogens is 248 g/mol. The summed E-state index contributed by atoms with van der Waals surface area (Å²) in [5.74, 6) is -0.378. The zero-order valence-corrected chi connectivity index (χ0v) is 11.2. The third kappa shape index (κ3) is 5.56. The van der Waals surface area contributed by atoms with Crippen molar-refractivity contribution in [2.45, 2.75) is 26.4 Å². The summed E-state index contributed by atoms with van der Waals surface area (Å²) in [6.07, 6.45) is 2.38. The van der Waals surface area contributed by atoms with Crippen molar-refractivity contribution in [1.29, 1.82) is 0 Å². The number of furan rings is 1. The molecule has 1 aromatic rings. The average Bonchev–Trinajstić information content (AvgIpc) is 2.89.